The first-order valence-electron chi connectivity index (χ1n) is 10.0. The largest absolute Gasteiger partial charge is 0.367 e. The summed E-state index contributed by atoms with van der Waals surface area (Å²) in [5.41, 5.74) is 4.92. The molecule has 140 valence electrons. The molecule has 0 radical (unpaired) electrons. The first-order chi connectivity index (χ1) is 13.9. The van der Waals surface area contributed by atoms with Crippen molar-refractivity contribution in [1.29, 1.82) is 0 Å². The molecule has 0 bridgehead atoms. The third kappa shape index (κ3) is 3.40. The molecule has 1 fully saturated rings. The average Bonchev–Trinajstić information content (AvgIpc) is 3.21. The number of anilines is 1. The summed E-state index contributed by atoms with van der Waals surface area (Å²) < 4.78 is 0. The highest BCUT2D eigenvalue weighted by molar-refractivity contribution is 7.17. The SMILES string of the molecule is c1ccc(-c2ccc(-c3csc4ncnc(NC5CCCCC5)c34)cc2)cc1. The number of thiophene rings is 1. The van der Waals surface area contributed by atoms with Crippen molar-refractivity contribution in [2.45, 2.75) is 38.1 Å². The van der Waals surface area contributed by atoms with Gasteiger partial charge in [-0.1, -0.05) is 73.9 Å². The van der Waals surface area contributed by atoms with E-state index < -0.39 is 0 Å². The van der Waals surface area contributed by atoms with Crippen LogP contribution in [0.2, 0.25) is 0 Å². The van der Waals surface area contributed by atoms with Crippen molar-refractivity contribution < 1.29 is 0 Å². The van der Waals surface area contributed by atoms with Crippen LogP contribution < -0.4 is 5.32 Å². The fourth-order valence-corrected chi connectivity index (χ4v) is 5.03. The van der Waals surface area contributed by atoms with Crippen LogP contribution in [0.4, 0.5) is 5.82 Å². The van der Waals surface area contributed by atoms with Crippen LogP contribution in [0.5, 0.6) is 0 Å². The monoisotopic (exact) mass is 385 g/mol. The molecule has 2 heterocycles. The lowest BCUT2D eigenvalue weighted by Gasteiger charge is -2.23. The maximum atomic E-state index is 4.61. The average molecular weight is 386 g/mol. The van der Waals surface area contributed by atoms with Gasteiger partial charge in [-0.15, -0.1) is 11.3 Å². The Kier molecular flexibility index (Phi) is 4.79. The molecule has 0 spiro atoms. The van der Waals surface area contributed by atoms with Gasteiger partial charge in [0.1, 0.15) is 17.0 Å². The molecule has 1 aliphatic rings. The van der Waals surface area contributed by atoms with Crippen LogP contribution in [0.3, 0.4) is 0 Å². The Morgan fingerprint density at radius 2 is 1.50 bits per heavy atom. The summed E-state index contributed by atoms with van der Waals surface area (Å²) in [5.74, 6) is 0.986. The Bertz CT molecular complexity index is 1060. The summed E-state index contributed by atoms with van der Waals surface area (Å²) in [6.45, 7) is 0. The van der Waals surface area contributed by atoms with Crippen molar-refractivity contribution in [3.63, 3.8) is 0 Å². The van der Waals surface area contributed by atoms with Gasteiger partial charge in [0.2, 0.25) is 0 Å². The third-order valence-corrected chi connectivity index (χ3v) is 6.51. The second-order valence-electron chi connectivity index (χ2n) is 7.47. The first-order valence-corrected chi connectivity index (χ1v) is 10.9. The predicted octanol–water partition coefficient (Wildman–Crippen LogP) is 6.77. The molecule has 4 aromatic rings. The molecule has 1 N–H and O–H groups in total. The van der Waals surface area contributed by atoms with E-state index in [9.17, 15) is 0 Å². The van der Waals surface area contributed by atoms with Crippen LogP contribution in [0.1, 0.15) is 32.1 Å². The predicted molar refractivity (Wildman–Crippen MR) is 119 cm³/mol. The van der Waals surface area contributed by atoms with Gasteiger partial charge in [0, 0.05) is 17.0 Å². The fraction of sp³-hybridized carbons (Fsp3) is 0.250. The summed E-state index contributed by atoms with van der Waals surface area (Å²) in [6.07, 6.45) is 8.13. The summed E-state index contributed by atoms with van der Waals surface area (Å²) >= 11 is 1.69. The summed E-state index contributed by atoms with van der Waals surface area (Å²) in [7, 11) is 0. The number of fused-ring (bicyclic) bond motifs is 1. The summed E-state index contributed by atoms with van der Waals surface area (Å²) in [6, 6.07) is 19.9. The van der Waals surface area contributed by atoms with Crippen molar-refractivity contribution >= 4 is 27.4 Å². The van der Waals surface area contributed by atoms with Crippen molar-refractivity contribution in [3.05, 3.63) is 66.3 Å². The van der Waals surface area contributed by atoms with Crippen LogP contribution in [-0.4, -0.2) is 16.0 Å². The van der Waals surface area contributed by atoms with E-state index in [2.05, 4.69) is 75.3 Å². The van der Waals surface area contributed by atoms with Crippen LogP contribution in [0.15, 0.2) is 66.3 Å². The van der Waals surface area contributed by atoms with Gasteiger partial charge in [-0.05, 0) is 29.5 Å². The molecule has 0 unspecified atom stereocenters. The van der Waals surface area contributed by atoms with E-state index in [-0.39, 0.29) is 0 Å². The van der Waals surface area contributed by atoms with Gasteiger partial charge in [-0.2, -0.15) is 0 Å². The number of hydrogen-bond acceptors (Lipinski definition) is 4. The molecule has 28 heavy (non-hydrogen) atoms. The summed E-state index contributed by atoms with van der Waals surface area (Å²) in [4.78, 5) is 10.2. The van der Waals surface area contributed by atoms with Crippen molar-refractivity contribution in [3.8, 4) is 22.3 Å². The quantitative estimate of drug-likeness (QED) is 0.421. The van der Waals surface area contributed by atoms with Gasteiger partial charge in [-0.3, -0.25) is 0 Å². The molecule has 1 saturated carbocycles. The van der Waals surface area contributed by atoms with Crippen molar-refractivity contribution in [1.82, 2.24) is 9.97 Å². The number of hydrogen-bond donors (Lipinski definition) is 1. The minimum absolute atomic E-state index is 0.528. The number of nitrogens with zero attached hydrogens (tertiary/aromatic N) is 2. The van der Waals surface area contributed by atoms with Gasteiger partial charge in [-0.25, -0.2) is 9.97 Å². The standard InChI is InChI=1S/C24H23N3S/c1-3-7-17(8-4-1)18-11-13-19(14-12-18)21-15-28-24-22(21)23(25-16-26-24)27-20-9-5-2-6-10-20/h1,3-4,7-8,11-16,20H,2,5-6,9-10H2,(H,25,26,27). The molecular formula is C24H23N3S. The van der Waals surface area contributed by atoms with Crippen molar-refractivity contribution in [2.24, 2.45) is 0 Å². The Balaban J connectivity index is 1.50. The van der Waals surface area contributed by atoms with Gasteiger partial charge in [0.05, 0.1) is 5.39 Å². The maximum absolute atomic E-state index is 4.61. The zero-order valence-electron chi connectivity index (χ0n) is 15.8. The molecule has 0 amide bonds. The minimum atomic E-state index is 0.528. The number of benzene rings is 2. The lowest BCUT2D eigenvalue weighted by atomic mass is 9.95. The molecule has 0 atom stereocenters. The normalized spacial score (nSPS) is 15.0. The number of nitrogens with one attached hydrogen (secondary N) is 1. The minimum Gasteiger partial charge on any atom is -0.367 e. The van der Waals surface area contributed by atoms with E-state index in [1.165, 1.54) is 54.4 Å². The van der Waals surface area contributed by atoms with Crippen LogP contribution in [0.25, 0.3) is 32.5 Å². The number of rotatable bonds is 4. The van der Waals surface area contributed by atoms with Gasteiger partial charge < -0.3 is 5.32 Å². The molecular weight excluding hydrogens is 362 g/mol. The second-order valence-corrected chi connectivity index (χ2v) is 8.33. The molecule has 2 aromatic carbocycles. The number of aromatic nitrogens is 2. The highest BCUT2D eigenvalue weighted by Crippen LogP contribution is 2.38. The van der Waals surface area contributed by atoms with Crippen LogP contribution in [-0.2, 0) is 0 Å². The molecule has 1 aliphatic carbocycles. The molecule has 3 nitrogen and oxygen atoms in total. The van der Waals surface area contributed by atoms with Crippen molar-refractivity contribution in [2.75, 3.05) is 5.32 Å². The molecule has 4 heteroatoms. The van der Waals surface area contributed by atoms with E-state index in [4.69, 9.17) is 0 Å². The highest BCUT2D eigenvalue weighted by Gasteiger charge is 2.18. The smallest absolute Gasteiger partial charge is 0.139 e. The van der Waals surface area contributed by atoms with E-state index in [0.29, 0.717) is 6.04 Å². The van der Waals surface area contributed by atoms with E-state index in [1.807, 2.05) is 0 Å². The Hall–Kier alpha value is -2.72. The molecule has 0 aliphatic heterocycles. The fourth-order valence-electron chi connectivity index (χ4n) is 4.11. The van der Waals surface area contributed by atoms with E-state index in [1.54, 1.807) is 17.7 Å². The second kappa shape index (κ2) is 7.72. The molecule has 5 rings (SSSR count). The molecule has 0 saturated heterocycles. The molecule has 2 aromatic heterocycles. The Morgan fingerprint density at radius 1 is 0.786 bits per heavy atom. The lowest BCUT2D eigenvalue weighted by molar-refractivity contribution is 0.462. The Labute approximate surface area is 169 Å². The highest BCUT2D eigenvalue weighted by atomic mass is 32.1. The van der Waals surface area contributed by atoms with Gasteiger partial charge in [0.15, 0.2) is 0 Å². The third-order valence-electron chi connectivity index (χ3n) is 5.62. The van der Waals surface area contributed by atoms with E-state index in [0.717, 1.165) is 16.0 Å². The van der Waals surface area contributed by atoms with Crippen LogP contribution >= 0.6 is 11.3 Å². The maximum Gasteiger partial charge on any atom is 0.139 e. The Morgan fingerprint density at radius 3 is 2.29 bits per heavy atom. The topological polar surface area (TPSA) is 37.8 Å². The van der Waals surface area contributed by atoms with Gasteiger partial charge >= 0.3 is 0 Å². The van der Waals surface area contributed by atoms with E-state index >= 15 is 0 Å². The zero-order chi connectivity index (χ0) is 18.8. The van der Waals surface area contributed by atoms with Gasteiger partial charge in [0.25, 0.3) is 0 Å². The zero-order valence-corrected chi connectivity index (χ0v) is 16.6. The lowest BCUT2D eigenvalue weighted by Crippen LogP contribution is -2.22. The summed E-state index contributed by atoms with van der Waals surface area (Å²) in [5, 5.41) is 7.08. The van der Waals surface area contributed by atoms with Crippen LogP contribution in [0, 0.1) is 0 Å². The first kappa shape index (κ1) is 17.4.